The number of carboxylic acids is 4. The van der Waals surface area contributed by atoms with Crippen molar-refractivity contribution in [2.75, 3.05) is 7.05 Å². The molecule has 4 rings (SSSR count). The minimum atomic E-state index is -2.44. The zero-order valence-corrected chi connectivity index (χ0v) is 30.6. The van der Waals surface area contributed by atoms with Crippen LogP contribution in [-0.4, -0.2) is 108 Å². The summed E-state index contributed by atoms with van der Waals surface area (Å²) < 4.78 is 0. The second-order valence-electron chi connectivity index (χ2n) is 10.3. The molecular formula is C30H39NNa2O14. The Morgan fingerprint density at radius 1 is 0.681 bits per heavy atom. The molecule has 2 aromatic rings. The van der Waals surface area contributed by atoms with Gasteiger partial charge < -0.3 is 66.0 Å². The van der Waals surface area contributed by atoms with Crippen LogP contribution in [0.2, 0.25) is 0 Å². The molecule has 0 amide bonds. The summed E-state index contributed by atoms with van der Waals surface area (Å²) >= 11 is 0. The Labute approximate surface area is 315 Å². The molecule has 0 aromatic heterocycles. The van der Waals surface area contributed by atoms with Gasteiger partial charge in [-0.1, -0.05) is 55.5 Å². The summed E-state index contributed by atoms with van der Waals surface area (Å²) in [6, 6.07) is 16.9. The van der Waals surface area contributed by atoms with E-state index in [1.165, 1.54) is 22.3 Å². The van der Waals surface area contributed by atoms with Crippen LogP contribution in [-0.2, 0) is 32.0 Å². The molecular weight excluding hydrogens is 644 g/mol. The molecule has 0 unspecified atom stereocenters. The number of nitrogens with one attached hydrogen (secondary N) is 1. The molecule has 0 bridgehead atoms. The first-order valence-electron chi connectivity index (χ1n) is 13.8. The van der Waals surface area contributed by atoms with Crippen LogP contribution in [0, 0.1) is 0 Å². The van der Waals surface area contributed by atoms with E-state index in [1.54, 1.807) is 0 Å². The topological polar surface area (TPSA) is 288 Å². The molecule has 2 aliphatic rings. The molecule has 0 radical (unpaired) electrons. The third-order valence-corrected chi connectivity index (χ3v) is 7.21. The Morgan fingerprint density at radius 2 is 1.04 bits per heavy atom. The van der Waals surface area contributed by atoms with E-state index in [2.05, 4.69) is 48.6 Å². The van der Waals surface area contributed by atoms with E-state index in [-0.39, 0.29) is 77.4 Å². The fourth-order valence-corrected chi connectivity index (χ4v) is 4.59. The van der Waals surface area contributed by atoms with Crippen molar-refractivity contribution in [3.8, 4) is 0 Å². The molecule has 8 atom stereocenters. The number of hydrogen-bond donors (Lipinski definition) is 9. The molecule has 250 valence electrons. The average Bonchev–Trinajstić information content (AvgIpc) is 3.02. The Hall–Kier alpha value is -1.96. The van der Waals surface area contributed by atoms with E-state index in [9.17, 15) is 39.6 Å². The number of likely N-dealkylation sites (N-methyl/N-ethyl adjacent to an activating group) is 1. The number of carbonyl (C=O) groups excluding carboxylic acids is 2. The number of carbonyl (C=O) groups is 4. The number of fused-ring (bicyclic) bond motifs is 2. The van der Waals surface area contributed by atoms with Gasteiger partial charge in [0.25, 0.3) is 0 Å². The summed E-state index contributed by atoms with van der Waals surface area (Å²) in [5, 5.41) is 90.8. The van der Waals surface area contributed by atoms with Crippen molar-refractivity contribution in [3.63, 3.8) is 0 Å². The first kappa shape index (κ1) is 47.2. The molecule has 47 heavy (non-hydrogen) atoms. The van der Waals surface area contributed by atoms with Crippen molar-refractivity contribution < 1.29 is 129 Å². The number of benzene rings is 2. The molecule has 0 aliphatic heterocycles. The van der Waals surface area contributed by atoms with Crippen molar-refractivity contribution >= 4 is 23.9 Å². The van der Waals surface area contributed by atoms with E-state index in [1.807, 2.05) is 19.2 Å². The normalized spacial score (nSPS) is 21.4. The maximum absolute atomic E-state index is 9.77. The number of aliphatic hydroxyl groups excluding tert-OH is 6. The van der Waals surface area contributed by atoms with Gasteiger partial charge in [0, 0.05) is 5.92 Å². The van der Waals surface area contributed by atoms with Gasteiger partial charge in [0.2, 0.25) is 0 Å². The zero-order chi connectivity index (χ0) is 34.4. The van der Waals surface area contributed by atoms with Crippen molar-refractivity contribution in [3.05, 3.63) is 70.8 Å². The fourth-order valence-electron chi connectivity index (χ4n) is 4.59. The largest absolute Gasteiger partial charge is 1.00 e. The van der Waals surface area contributed by atoms with Crippen LogP contribution in [0.3, 0.4) is 0 Å². The molecule has 9 N–H and O–H groups in total. The Kier molecular flexibility index (Phi) is 23.5. The number of aryl methyl sites for hydroxylation is 2. The third kappa shape index (κ3) is 15.0. The number of aliphatic carboxylic acids is 4. The van der Waals surface area contributed by atoms with E-state index in [0.29, 0.717) is 5.92 Å². The van der Waals surface area contributed by atoms with Gasteiger partial charge in [-0.3, -0.25) is 0 Å². The number of carboxylic acid groups (broad SMARTS) is 4. The molecule has 0 heterocycles. The van der Waals surface area contributed by atoms with Gasteiger partial charge in [0.1, 0.15) is 12.2 Å². The maximum atomic E-state index is 9.77. The first-order chi connectivity index (χ1) is 21.0. The van der Waals surface area contributed by atoms with E-state index < -0.39 is 48.3 Å². The van der Waals surface area contributed by atoms with Gasteiger partial charge in [-0.15, -0.1) is 0 Å². The maximum Gasteiger partial charge on any atom is 1.00 e. The second-order valence-corrected chi connectivity index (χ2v) is 10.3. The first-order valence-corrected chi connectivity index (χ1v) is 13.8. The van der Waals surface area contributed by atoms with Gasteiger partial charge in [-0.25, -0.2) is 9.59 Å². The summed E-state index contributed by atoms with van der Waals surface area (Å²) in [6.45, 7) is 2.10. The van der Waals surface area contributed by atoms with Crippen LogP contribution >= 0.6 is 0 Å². The van der Waals surface area contributed by atoms with E-state index >= 15 is 0 Å². The number of aliphatic hydroxyl groups is 6. The zero-order valence-electron chi connectivity index (χ0n) is 26.6. The smallest absolute Gasteiger partial charge is 0.547 e. The molecule has 2 aliphatic carbocycles. The third-order valence-electron chi connectivity index (χ3n) is 7.21. The number of hydrogen-bond acceptors (Lipinski definition) is 13. The van der Waals surface area contributed by atoms with Crippen LogP contribution in [0.1, 0.15) is 54.0 Å². The van der Waals surface area contributed by atoms with Crippen LogP contribution in [0.4, 0.5) is 0 Å². The standard InChI is InChI=1S/C11H15NO.C11H14O.2C4H6O6.2Na/c1-12-11-9-5-3-2-4-8(9)6-7-10(11)13;1-8-10-5-3-2-4-9(10)6-7-11(8)12;2*5-1(3(7)8)2(6)4(9)10;;/h2-5,10-13H,6-7H2,1H3;2-5,8,11-12H,6-7H2,1H3;2*1-2,5-6H,(H,7,8)(H,9,10);;/q;;;;2*+1/p-2/t10-,11-;8-,11-;2*1-,2-;;/m1111../s1. The summed E-state index contributed by atoms with van der Waals surface area (Å²) in [5.74, 6) is -7.34. The van der Waals surface area contributed by atoms with Gasteiger partial charge >= 0.3 is 71.1 Å². The SMILES string of the molecule is CN[C@@H]1c2ccccc2CC[C@H]1O.C[C@@H]1c2ccccc2CC[C@H]1O.O=C(O)[C@H](O)[C@@H](O)C(=O)O.O=C([O-])[C@H](O)[C@@H](O)C(=O)[O-].[Na+].[Na+]. The molecule has 0 fully saturated rings. The van der Waals surface area contributed by atoms with Crippen molar-refractivity contribution in [1.82, 2.24) is 5.32 Å². The van der Waals surface area contributed by atoms with Crippen LogP contribution in [0.25, 0.3) is 0 Å². The molecule has 0 saturated carbocycles. The molecule has 0 spiro atoms. The van der Waals surface area contributed by atoms with Crippen LogP contribution in [0.15, 0.2) is 48.5 Å². The number of rotatable bonds is 7. The molecule has 17 heteroatoms. The Balaban J connectivity index is 0. The average molecular weight is 684 g/mol. The quantitative estimate of drug-likeness (QED) is 0.123. The van der Waals surface area contributed by atoms with Crippen LogP contribution < -0.4 is 74.6 Å². The second kappa shape index (κ2) is 23.4. The van der Waals surface area contributed by atoms with Gasteiger partial charge in [-0.2, -0.15) is 0 Å². The van der Waals surface area contributed by atoms with Crippen molar-refractivity contribution in [2.45, 2.75) is 81.2 Å². The van der Waals surface area contributed by atoms with Crippen LogP contribution in [0.5, 0.6) is 0 Å². The Bertz CT molecular complexity index is 1210. The summed E-state index contributed by atoms with van der Waals surface area (Å²) in [5.41, 5.74) is 5.36. The van der Waals surface area contributed by atoms with Gasteiger partial charge in [-0.05, 0) is 55.0 Å². The molecule has 15 nitrogen and oxygen atoms in total. The molecule has 0 saturated heterocycles. The van der Waals surface area contributed by atoms with Crippen molar-refractivity contribution in [1.29, 1.82) is 0 Å². The van der Waals surface area contributed by atoms with Gasteiger partial charge in [0.05, 0.1) is 30.2 Å². The summed E-state index contributed by atoms with van der Waals surface area (Å²) in [7, 11) is 1.90. The minimum absolute atomic E-state index is 0. The monoisotopic (exact) mass is 683 g/mol. The predicted octanol–water partition coefficient (Wildman–Crippen LogP) is -9.56. The van der Waals surface area contributed by atoms with E-state index in [4.69, 9.17) is 30.6 Å². The Morgan fingerprint density at radius 3 is 1.43 bits per heavy atom. The predicted molar refractivity (Wildman–Crippen MR) is 151 cm³/mol. The fraction of sp³-hybridized carbons (Fsp3) is 0.467. The minimum Gasteiger partial charge on any atom is -0.547 e. The van der Waals surface area contributed by atoms with Gasteiger partial charge in [0.15, 0.2) is 12.2 Å². The molecule has 2 aromatic carbocycles. The summed E-state index contributed by atoms with van der Waals surface area (Å²) in [6.07, 6.45) is -5.98. The van der Waals surface area contributed by atoms with E-state index in [0.717, 1.165) is 25.7 Å². The van der Waals surface area contributed by atoms with Crippen molar-refractivity contribution in [2.24, 2.45) is 0 Å². The summed E-state index contributed by atoms with van der Waals surface area (Å²) in [4.78, 5) is 38.8.